The van der Waals surface area contributed by atoms with Gasteiger partial charge >= 0.3 is 0 Å². The van der Waals surface area contributed by atoms with Crippen molar-refractivity contribution in [3.05, 3.63) is 29.1 Å². The Morgan fingerprint density at radius 1 is 1.20 bits per heavy atom. The number of phenols is 1. The van der Waals surface area contributed by atoms with Crippen molar-refractivity contribution < 1.29 is 23.1 Å². The highest BCUT2D eigenvalue weighted by atomic mass is 19.2. The van der Waals surface area contributed by atoms with E-state index in [-0.39, 0.29) is 12.1 Å². The Balaban J connectivity index is 2.14. The lowest BCUT2D eigenvalue weighted by Crippen LogP contribution is -2.40. The molecule has 0 aromatic heterocycles. The van der Waals surface area contributed by atoms with Crippen molar-refractivity contribution in [3.8, 4) is 5.75 Å². The van der Waals surface area contributed by atoms with E-state index in [9.17, 15) is 18.0 Å². The Hall–Kier alpha value is -1.76. The predicted octanol–water partition coefficient (Wildman–Crippen LogP) is 1.81. The number of aromatic hydroxyl groups is 1. The van der Waals surface area contributed by atoms with Crippen LogP contribution in [0.15, 0.2) is 6.07 Å². The lowest BCUT2D eigenvalue weighted by atomic mass is 9.91. The van der Waals surface area contributed by atoms with Crippen LogP contribution >= 0.6 is 0 Å². The molecule has 1 aliphatic carbocycles. The first kappa shape index (κ1) is 14.6. The molecule has 1 amide bonds. The van der Waals surface area contributed by atoms with E-state index in [1.54, 1.807) is 0 Å². The minimum absolute atomic E-state index is 0.0900. The molecule has 1 fully saturated rings. The Kier molecular flexibility index (Phi) is 4.17. The van der Waals surface area contributed by atoms with Crippen molar-refractivity contribution in [1.82, 2.24) is 5.32 Å². The zero-order valence-corrected chi connectivity index (χ0v) is 10.6. The smallest absolute Gasteiger partial charge is 0.254 e. The number of amides is 1. The summed E-state index contributed by atoms with van der Waals surface area (Å²) in [5.41, 5.74) is 5.01. The molecule has 1 aromatic carbocycles. The molecule has 0 spiro atoms. The van der Waals surface area contributed by atoms with Gasteiger partial charge in [0.1, 0.15) is 0 Å². The number of carbonyl (C=O) groups excluding carboxylic acids is 1. The maximum atomic E-state index is 13.6. The van der Waals surface area contributed by atoms with Gasteiger partial charge in [-0.2, -0.15) is 4.39 Å². The molecule has 20 heavy (non-hydrogen) atoms. The van der Waals surface area contributed by atoms with E-state index in [4.69, 9.17) is 10.8 Å². The highest BCUT2D eigenvalue weighted by Gasteiger charge is 2.25. The first-order chi connectivity index (χ1) is 9.40. The van der Waals surface area contributed by atoms with E-state index in [0.717, 1.165) is 12.8 Å². The summed E-state index contributed by atoms with van der Waals surface area (Å²) in [5.74, 6) is -7.01. The Bertz CT molecular complexity index is 529. The van der Waals surface area contributed by atoms with Crippen LogP contribution in [0.5, 0.6) is 5.75 Å². The van der Waals surface area contributed by atoms with Crippen LogP contribution in [-0.2, 0) is 0 Å². The van der Waals surface area contributed by atoms with E-state index in [1.165, 1.54) is 0 Å². The van der Waals surface area contributed by atoms with E-state index in [1.807, 2.05) is 0 Å². The fourth-order valence-electron chi connectivity index (χ4n) is 2.28. The van der Waals surface area contributed by atoms with E-state index >= 15 is 0 Å². The topological polar surface area (TPSA) is 75.3 Å². The second-order valence-corrected chi connectivity index (χ2v) is 4.97. The van der Waals surface area contributed by atoms with Gasteiger partial charge in [-0.05, 0) is 31.7 Å². The van der Waals surface area contributed by atoms with Crippen molar-refractivity contribution in [2.45, 2.75) is 37.8 Å². The summed E-state index contributed by atoms with van der Waals surface area (Å²) in [7, 11) is 0. The molecule has 0 bridgehead atoms. The van der Waals surface area contributed by atoms with Gasteiger partial charge in [-0.15, -0.1) is 0 Å². The molecule has 0 atom stereocenters. The summed E-state index contributed by atoms with van der Waals surface area (Å²) >= 11 is 0. The van der Waals surface area contributed by atoms with Crippen LogP contribution in [0.4, 0.5) is 13.2 Å². The van der Waals surface area contributed by atoms with Gasteiger partial charge in [-0.25, -0.2) is 8.78 Å². The Morgan fingerprint density at radius 2 is 1.80 bits per heavy atom. The largest absolute Gasteiger partial charge is 0.503 e. The molecular formula is C13H15F3N2O2. The van der Waals surface area contributed by atoms with Gasteiger partial charge in [-0.3, -0.25) is 4.79 Å². The molecule has 2 rings (SSSR count). The van der Waals surface area contributed by atoms with Crippen molar-refractivity contribution in [1.29, 1.82) is 0 Å². The molecule has 4 N–H and O–H groups in total. The van der Waals surface area contributed by atoms with Crippen molar-refractivity contribution in [2.75, 3.05) is 0 Å². The van der Waals surface area contributed by atoms with E-state index in [2.05, 4.69) is 5.32 Å². The second kappa shape index (κ2) is 5.70. The number of phenolic OH excluding ortho intramolecular Hbond substituents is 1. The normalized spacial score (nSPS) is 22.6. The van der Waals surface area contributed by atoms with Gasteiger partial charge in [-0.1, -0.05) is 0 Å². The van der Waals surface area contributed by atoms with Crippen LogP contribution < -0.4 is 11.1 Å². The molecule has 0 saturated heterocycles. The molecule has 1 aliphatic rings. The molecular weight excluding hydrogens is 273 g/mol. The van der Waals surface area contributed by atoms with Gasteiger partial charge in [0.05, 0.1) is 5.56 Å². The SMILES string of the molecule is NC1CCC(NC(=O)c2cc(F)c(F)c(O)c2F)CC1. The molecule has 7 heteroatoms. The summed E-state index contributed by atoms with van der Waals surface area (Å²) in [6.45, 7) is 0. The van der Waals surface area contributed by atoms with E-state index < -0.39 is 34.7 Å². The van der Waals surface area contributed by atoms with Crippen molar-refractivity contribution in [3.63, 3.8) is 0 Å². The number of nitrogens with two attached hydrogens (primary N) is 1. The number of halogens is 3. The zero-order valence-electron chi connectivity index (χ0n) is 10.6. The number of carbonyl (C=O) groups is 1. The fraction of sp³-hybridized carbons (Fsp3) is 0.462. The maximum absolute atomic E-state index is 13.6. The van der Waals surface area contributed by atoms with Crippen molar-refractivity contribution in [2.24, 2.45) is 5.73 Å². The lowest BCUT2D eigenvalue weighted by Gasteiger charge is -2.26. The van der Waals surface area contributed by atoms with Gasteiger partial charge in [0.2, 0.25) is 5.82 Å². The quantitative estimate of drug-likeness (QED) is 0.726. The first-order valence-corrected chi connectivity index (χ1v) is 6.33. The van der Waals surface area contributed by atoms with Crippen LogP contribution in [-0.4, -0.2) is 23.1 Å². The van der Waals surface area contributed by atoms with Crippen LogP contribution in [0.2, 0.25) is 0 Å². The lowest BCUT2D eigenvalue weighted by molar-refractivity contribution is 0.0920. The number of rotatable bonds is 2. The maximum Gasteiger partial charge on any atom is 0.254 e. The minimum Gasteiger partial charge on any atom is -0.503 e. The van der Waals surface area contributed by atoms with Crippen LogP contribution in [0.3, 0.4) is 0 Å². The number of hydrogen-bond acceptors (Lipinski definition) is 3. The molecule has 0 aliphatic heterocycles. The second-order valence-electron chi connectivity index (χ2n) is 4.97. The third-order valence-corrected chi connectivity index (χ3v) is 3.48. The summed E-state index contributed by atoms with van der Waals surface area (Å²) in [6.07, 6.45) is 2.75. The van der Waals surface area contributed by atoms with Gasteiger partial charge in [0.25, 0.3) is 5.91 Å². The monoisotopic (exact) mass is 288 g/mol. The Morgan fingerprint density at radius 3 is 2.40 bits per heavy atom. The molecule has 110 valence electrons. The molecule has 4 nitrogen and oxygen atoms in total. The number of hydrogen-bond donors (Lipinski definition) is 3. The summed E-state index contributed by atoms with van der Waals surface area (Å²) in [5, 5.41) is 11.6. The van der Waals surface area contributed by atoms with Crippen LogP contribution in [0, 0.1) is 17.5 Å². The average molecular weight is 288 g/mol. The molecule has 0 heterocycles. The minimum atomic E-state index is -1.71. The van der Waals surface area contributed by atoms with E-state index in [0.29, 0.717) is 18.9 Å². The standard InChI is InChI=1S/C13H15F3N2O2/c14-9-5-8(10(15)12(19)11(9)16)13(20)18-7-3-1-6(17)2-4-7/h5-7,19H,1-4,17H2,(H,18,20). The fourth-order valence-corrected chi connectivity index (χ4v) is 2.28. The average Bonchev–Trinajstić information content (AvgIpc) is 2.43. The summed E-state index contributed by atoms with van der Waals surface area (Å²) in [4.78, 5) is 11.8. The first-order valence-electron chi connectivity index (χ1n) is 6.33. The van der Waals surface area contributed by atoms with Gasteiger partial charge in [0, 0.05) is 12.1 Å². The predicted molar refractivity (Wildman–Crippen MR) is 65.7 cm³/mol. The highest BCUT2D eigenvalue weighted by Crippen LogP contribution is 2.26. The number of nitrogens with one attached hydrogen (secondary N) is 1. The molecule has 1 aromatic rings. The van der Waals surface area contributed by atoms with Gasteiger partial charge < -0.3 is 16.2 Å². The number of benzene rings is 1. The van der Waals surface area contributed by atoms with Crippen molar-refractivity contribution >= 4 is 5.91 Å². The third kappa shape index (κ3) is 2.87. The zero-order chi connectivity index (χ0) is 14.9. The van der Waals surface area contributed by atoms with Crippen LogP contribution in [0.25, 0.3) is 0 Å². The Labute approximate surface area is 113 Å². The highest BCUT2D eigenvalue weighted by molar-refractivity contribution is 5.95. The van der Waals surface area contributed by atoms with Crippen LogP contribution in [0.1, 0.15) is 36.0 Å². The third-order valence-electron chi connectivity index (χ3n) is 3.48. The molecule has 0 unspecified atom stereocenters. The summed E-state index contributed by atoms with van der Waals surface area (Å²) < 4.78 is 39.6. The molecule has 0 radical (unpaired) electrons. The molecule has 1 saturated carbocycles. The summed E-state index contributed by atoms with van der Waals surface area (Å²) in [6, 6.07) is 0.345. The van der Waals surface area contributed by atoms with Gasteiger partial charge in [0.15, 0.2) is 17.4 Å².